The molecule has 0 bridgehead atoms. The number of rotatable bonds is 4. The van der Waals surface area contributed by atoms with Crippen LogP contribution in [0.5, 0.6) is 5.75 Å². The average Bonchev–Trinajstić information content (AvgIpc) is 2.22. The monoisotopic (exact) mass is 244 g/mol. The highest BCUT2D eigenvalue weighted by molar-refractivity contribution is 6.32. The Labute approximate surface area is 98.4 Å². The largest absolute Gasteiger partial charge is 0.506 e. The van der Waals surface area contributed by atoms with Gasteiger partial charge in [0, 0.05) is 0 Å². The lowest BCUT2D eigenvalue weighted by molar-refractivity contribution is -0.145. The van der Waals surface area contributed by atoms with Crippen molar-refractivity contribution in [3.05, 3.63) is 28.8 Å². The van der Waals surface area contributed by atoms with E-state index in [1.54, 1.807) is 6.92 Å². The summed E-state index contributed by atoms with van der Waals surface area (Å²) in [6.45, 7) is 1.98. The molecule has 0 aliphatic rings. The Kier molecular flexibility index (Phi) is 4.58. The maximum Gasteiger partial charge on any atom is 0.308 e. The first kappa shape index (κ1) is 12.8. The predicted octanol–water partition coefficient (Wildman–Crippen LogP) is 2.03. The summed E-state index contributed by atoms with van der Waals surface area (Å²) < 4.78 is 4.71. The third-order valence-electron chi connectivity index (χ3n) is 2.02. The number of hydrogen-bond donors (Lipinski definition) is 2. The minimum atomic E-state index is -0.975. The number of aliphatic hydroxyl groups is 1. The first-order valence-corrected chi connectivity index (χ1v) is 5.24. The van der Waals surface area contributed by atoms with Crippen molar-refractivity contribution in [3.8, 4) is 5.75 Å². The molecule has 0 aromatic heterocycles. The van der Waals surface area contributed by atoms with E-state index in [9.17, 15) is 15.0 Å². The summed E-state index contributed by atoms with van der Waals surface area (Å²) in [6.07, 6.45) is -1.10. The van der Waals surface area contributed by atoms with E-state index < -0.39 is 12.1 Å². The van der Waals surface area contributed by atoms with E-state index in [0.717, 1.165) is 0 Å². The zero-order chi connectivity index (χ0) is 12.1. The molecule has 2 N–H and O–H groups in total. The molecule has 0 saturated heterocycles. The van der Waals surface area contributed by atoms with Crippen molar-refractivity contribution in [2.24, 2.45) is 0 Å². The maximum atomic E-state index is 11.1. The summed E-state index contributed by atoms with van der Waals surface area (Å²) in [4.78, 5) is 11.1. The number of hydrogen-bond acceptors (Lipinski definition) is 4. The van der Waals surface area contributed by atoms with Gasteiger partial charge in [0.1, 0.15) is 5.75 Å². The summed E-state index contributed by atoms with van der Waals surface area (Å²) in [5.74, 6) is -0.534. The number of phenols is 1. The highest BCUT2D eigenvalue weighted by atomic mass is 35.5. The molecule has 0 radical (unpaired) electrons. The minimum absolute atomic E-state index is 0.0613. The van der Waals surface area contributed by atoms with Crippen molar-refractivity contribution in [1.29, 1.82) is 0 Å². The maximum absolute atomic E-state index is 11.1. The van der Waals surface area contributed by atoms with Gasteiger partial charge < -0.3 is 14.9 Å². The summed E-state index contributed by atoms with van der Waals surface area (Å²) in [7, 11) is 0. The second-order valence-electron chi connectivity index (χ2n) is 3.24. The van der Waals surface area contributed by atoms with E-state index in [4.69, 9.17) is 16.3 Å². The van der Waals surface area contributed by atoms with Crippen LogP contribution in [0.15, 0.2) is 18.2 Å². The Bertz CT molecular complexity index is 378. The lowest BCUT2D eigenvalue weighted by Crippen LogP contribution is -2.09. The van der Waals surface area contributed by atoms with Crippen molar-refractivity contribution >= 4 is 17.6 Å². The molecule has 0 saturated carbocycles. The molecule has 0 aliphatic heterocycles. The number of esters is 1. The van der Waals surface area contributed by atoms with Crippen molar-refractivity contribution in [2.75, 3.05) is 6.61 Å². The van der Waals surface area contributed by atoms with Crippen molar-refractivity contribution in [2.45, 2.75) is 19.4 Å². The normalized spacial score (nSPS) is 12.2. The Morgan fingerprint density at radius 1 is 1.56 bits per heavy atom. The molecule has 4 nitrogen and oxygen atoms in total. The van der Waals surface area contributed by atoms with E-state index in [1.807, 2.05) is 0 Å². The van der Waals surface area contributed by atoms with E-state index in [-0.39, 0.29) is 23.8 Å². The first-order valence-electron chi connectivity index (χ1n) is 4.86. The van der Waals surface area contributed by atoms with Gasteiger partial charge in [-0.15, -0.1) is 0 Å². The molecule has 0 heterocycles. The zero-order valence-electron chi connectivity index (χ0n) is 8.81. The SMILES string of the molecule is CCOC(=O)CC(O)c1ccc(O)c(Cl)c1. The van der Waals surface area contributed by atoms with E-state index >= 15 is 0 Å². The average molecular weight is 245 g/mol. The van der Waals surface area contributed by atoms with Gasteiger partial charge in [0.15, 0.2) is 0 Å². The number of benzene rings is 1. The van der Waals surface area contributed by atoms with Crippen LogP contribution in [-0.2, 0) is 9.53 Å². The summed E-state index contributed by atoms with van der Waals surface area (Å²) in [6, 6.07) is 4.29. The van der Waals surface area contributed by atoms with E-state index in [2.05, 4.69) is 0 Å². The second kappa shape index (κ2) is 5.72. The number of carbonyl (C=O) groups is 1. The third-order valence-corrected chi connectivity index (χ3v) is 2.32. The number of aliphatic hydroxyl groups excluding tert-OH is 1. The lowest BCUT2D eigenvalue weighted by atomic mass is 10.1. The topological polar surface area (TPSA) is 66.8 Å². The summed E-state index contributed by atoms with van der Waals surface area (Å²) >= 11 is 5.68. The van der Waals surface area contributed by atoms with Gasteiger partial charge in [-0.2, -0.15) is 0 Å². The Balaban J connectivity index is 2.69. The van der Waals surface area contributed by atoms with Crippen molar-refractivity contribution in [3.63, 3.8) is 0 Å². The van der Waals surface area contributed by atoms with Gasteiger partial charge in [-0.1, -0.05) is 17.7 Å². The van der Waals surface area contributed by atoms with Crippen LogP contribution in [0.25, 0.3) is 0 Å². The minimum Gasteiger partial charge on any atom is -0.506 e. The van der Waals surface area contributed by atoms with Crippen LogP contribution in [0.3, 0.4) is 0 Å². The molecule has 0 aliphatic carbocycles. The van der Waals surface area contributed by atoms with Gasteiger partial charge in [0.2, 0.25) is 0 Å². The van der Waals surface area contributed by atoms with Crippen LogP contribution in [0, 0.1) is 0 Å². The summed E-state index contributed by atoms with van der Waals surface area (Å²) in [5, 5.41) is 19.0. The number of ether oxygens (including phenoxy) is 1. The number of carbonyl (C=O) groups excluding carboxylic acids is 1. The molecule has 0 amide bonds. The van der Waals surface area contributed by atoms with Gasteiger partial charge in [0.05, 0.1) is 24.2 Å². The fourth-order valence-corrected chi connectivity index (χ4v) is 1.42. The highest BCUT2D eigenvalue weighted by Gasteiger charge is 2.14. The molecule has 1 unspecified atom stereocenters. The molecule has 1 aromatic rings. The van der Waals surface area contributed by atoms with Crippen LogP contribution in [0.4, 0.5) is 0 Å². The molecule has 1 atom stereocenters. The van der Waals surface area contributed by atoms with Gasteiger partial charge in [-0.3, -0.25) is 4.79 Å². The van der Waals surface area contributed by atoms with Crippen molar-refractivity contribution in [1.82, 2.24) is 0 Å². The molecule has 0 fully saturated rings. The Morgan fingerprint density at radius 3 is 2.81 bits per heavy atom. The lowest BCUT2D eigenvalue weighted by Gasteiger charge is -2.10. The standard InChI is InChI=1S/C11H13ClO4/c1-2-16-11(15)6-10(14)7-3-4-9(13)8(12)5-7/h3-5,10,13-14H,2,6H2,1H3. The molecule has 5 heteroatoms. The van der Waals surface area contributed by atoms with Crippen LogP contribution < -0.4 is 0 Å². The zero-order valence-corrected chi connectivity index (χ0v) is 9.57. The number of phenolic OH excluding ortho intramolecular Hbond substituents is 1. The fourth-order valence-electron chi connectivity index (χ4n) is 1.23. The Hall–Kier alpha value is -1.26. The fraction of sp³-hybridized carbons (Fsp3) is 0.364. The molecular formula is C11H13ClO4. The smallest absolute Gasteiger partial charge is 0.308 e. The first-order chi connectivity index (χ1) is 7.54. The van der Waals surface area contributed by atoms with Crippen LogP contribution in [-0.4, -0.2) is 22.8 Å². The van der Waals surface area contributed by atoms with E-state index in [0.29, 0.717) is 5.56 Å². The van der Waals surface area contributed by atoms with Crippen LogP contribution >= 0.6 is 11.6 Å². The van der Waals surface area contributed by atoms with Gasteiger partial charge in [-0.25, -0.2) is 0 Å². The van der Waals surface area contributed by atoms with Crippen molar-refractivity contribution < 1.29 is 19.7 Å². The molecule has 88 valence electrons. The molecule has 1 rings (SSSR count). The molecule has 1 aromatic carbocycles. The highest BCUT2D eigenvalue weighted by Crippen LogP contribution is 2.27. The molecule has 0 spiro atoms. The predicted molar refractivity (Wildman–Crippen MR) is 59.3 cm³/mol. The molecular weight excluding hydrogens is 232 g/mol. The molecule has 16 heavy (non-hydrogen) atoms. The van der Waals surface area contributed by atoms with Gasteiger partial charge in [-0.05, 0) is 24.6 Å². The Morgan fingerprint density at radius 2 is 2.25 bits per heavy atom. The quantitative estimate of drug-likeness (QED) is 0.796. The third kappa shape index (κ3) is 3.40. The van der Waals surface area contributed by atoms with Crippen LogP contribution in [0.1, 0.15) is 25.0 Å². The summed E-state index contributed by atoms with van der Waals surface area (Å²) in [5.41, 5.74) is 0.468. The van der Waals surface area contributed by atoms with Crippen LogP contribution in [0.2, 0.25) is 5.02 Å². The van der Waals surface area contributed by atoms with E-state index in [1.165, 1.54) is 18.2 Å². The van der Waals surface area contributed by atoms with Gasteiger partial charge in [0.25, 0.3) is 0 Å². The number of aromatic hydroxyl groups is 1. The second-order valence-corrected chi connectivity index (χ2v) is 3.64. The van der Waals surface area contributed by atoms with Gasteiger partial charge >= 0.3 is 5.97 Å². The number of halogens is 1.